The molecule has 376 valence electrons. The van der Waals surface area contributed by atoms with Gasteiger partial charge < -0.3 is 0 Å². The zero-order valence-corrected chi connectivity index (χ0v) is 47.2. The maximum atomic E-state index is 2.87. The second-order valence-corrected chi connectivity index (χ2v) is 52.4. The molecule has 4 heteroatoms. The molecule has 0 aromatic heterocycles. The molecule has 0 saturated heterocycles. The topological polar surface area (TPSA) is 0 Å². The van der Waals surface area contributed by atoms with Gasteiger partial charge in [0.05, 0.1) is 0 Å². The van der Waals surface area contributed by atoms with Crippen LogP contribution in [0.1, 0.15) is 0 Å². The fraction of sp³-hybridized carbons (Fsp3) is 0.0137. The van der Waals surface area contributed by atoms with Gasteiger partial charge in [-0.2, -0.15) is 0 Å². The van der Waals surface area contributed by atoms with E-state index in [9.17, 15) is 0 Å². The van der Waals surface area contributed by atoms with E-state index in [0.29, 0.717) is 0 Å². The fourth-order valence-electron chi connectivity index (χ4n) is 15.5. The van der Waals surface area contributed by atoms with Crippen LogP contribution in [0.3, 0.4) is 0 Å². The van der Waals surface area contributed by atoms with E-state index >= 15 is 0 Å². The Kier molecular flexibility index (Phi) is 13.1. The summed E-state index contributed by atoms with van der Waals surface area (Å²) in [6, 6.07) is 145. The standard InChI is InChI=1S/C73H64P4/c1-75(65-44-20-5-21-45-65,66-46-22-6-23-47-66,67-48-24-7-25-49-67)77(71-56-32-11-33-57-71,72-58-34-12-35-59-72,73-60-36-13-37-61-73)76(68-50-26-8-27-51-68,69-52-28-9-29-53-69,70-54-30-10-31-55-70)74(62-38-14-2-15-39-62,63-40-16-3-17-41-63)64-42-18-4-19-43-64/h2-61,74H,1H3. The van der Waals surface area contributed by atoms with Crippen molar-refractivity contribution in [2.24, 2.45) is 0 Å². The van der Waals surface area contributed by atoms with Crippen molar-refractivity contribution in [1.29, 1.82) is 0 Å². The van der Waals surface area contributed by atoms with Crippen LogP contribution in [0.4, 0.5) is 0 Å². The second kappa shape index (κ2) is 20.1. The molecule has 0 fully saturated rings. The van der Waals surface area contributed by atoms with Crippen LogP contribution in [0.25, 0.3) is 0 Å². The Labute approximate surface area is 456 Å². The molecular weight excluding hydrogens is 1000 g/mol. The molecule has 0 heterocycles. The molecule has 0 bridgehead atoms. The number of hydrogen-bond donors (Lipinski definition) is 0. The summed E-state index contributed by atoms with van der Waals surface area (Å²) < 4.78 is 0. The van der Waals surface area contributed by atoms with Crippen LogP contribution >= 0.6 is 25.2 Å². The van der Waals surface area contributed by atoms with Crippen LogP contribution in [0, 0.1) is 0 Å². The third-order valence-corrected chi connectivity index (χ3v) is 80.9. The van der Waals surface area contributed by atoms with Gasteiger partial charge in [0, 0.05) is 0 Å². The van der Waals surface area contributed by atoms with E-state index in [0.717, 1.165) is 0 Å². The number of benzene rings is 12. The summed E-state index contributed by atoms with van der Waals surface area (Å²) in [5.41, 5.74) is 0. The molecule has 12 aromatic carbocycles. The molecule has 0 spiro atoms. The van der Waals surface area contributed by atoms with Crippen LogP contribution in [-0.2, 0) is 0 Å². The van der Waals surface area contributed by atoms with E-state index < -0.39 is 25.2 Å². The van der Waals surface area contributed by atoms with E-state index in [1.807, 2.05) is 0 Å². The van der Waals surface area contributed by atoms with E-state index in [-0.39, 0.29) is 0 Å². The van der Waals surface area contributed by atoms with Crippen molar-refractivity contribution in [3.8, 4) is 0 Å². The van der Waals surface area contributed by atoms with Crippen LogP contribution in [0.5, 0.6) is 0 Å². The van der Waals surface area contributed by atoms with Crippen molar-refractivity contribution in [2.75, 3.05) is 6.66 Å². The molecule has 0 radical (unpaired) electrons. The van der Waals surface area contributed by atoms with E-state index in [1.165, 1.54) is 63.7 Å². The predicted molar refractivity (Wildman–Crippen MR) is 348 cm³/mol. The molecular formula is C73H64P4. The molecule has 12 rings (SSSR count). The van der Waals surface area contributed by atoms with Crippen LogP contribution < -0.4 is 63.7 Å². The summed E-state index contributed by atoms with van der Waals surface area (Å²) in [4.78, 5) is 0. The Morgan fingerprint density at radius 2 is 0.338 bits per heavy atom. The van der Waals surface area contributed by atoms with Gasteiger partial charge in [0.2, 0.25) is 0 Å². The maximum absolute atomic E-state index is 5.25. The Morgan fingerprint density at radius 3 is 0.532 bits per heavy atom. The zero-order valence-electron chi connectivity index (χ0n) is 43.5. The first-order valence-corrected chi connectivity index (χ1v) is 38.2. The second-order valence-electron chi connectivity index (χ2n) is 20.4. The van der Waals surface area contributed by atoms with E-state index in [4.69, 9.17) is 0 Å². The third kappa shape index (κ3) is 6.09. The van der Waals surface area contributed by atoms with Crippen LogP contribution in [0.15, 0.2) is 364 Å². The minimum atomic E-state index is -5.25. The van der Waals surface area contributed by atoms with Gasteiger partial charge in [0.1, 0.15) is 0 Å². The first-order valence-electron chi connectivity index (χ1n) is 26.8. The fourth-order valence-corrected chi connectivity index (χ4v) is 111. The summed E-state index contributed by atoms with van der Waals surface area (Å²) in [6.45, 7) is -1.30. The average Bonchev–Trinajstić information content (AvgIpc) is 3.38. The molecule has 0 aliphatic heterocycles. The molecule has 0 amide bonds. The first kappa shape index (κ1) is 50.2. The summed E-state index contributed by atoms with van der Waals surface area (Å²) >= 11 is 0. The van der Waals surface area contributed by atoms with E-state index in [1.54, 1.807) is 0 Å². The monoisotopic (exact) mass is 1060 g/mol. The van der Waals surface area contributed by atoms with Gasteiger partial charge in [-0.1, -0.05) is 0 Å². The summed E-state index contributed by atoms with van der Waals surface area (Å²) in [6.07, 6.45) is -4.73. The van der Waals surface area contributed by atoms with Crippen molar-refractivity contribution in [2.45, 2.75) is 0 Å². The number of rotatable bonds is 15. The normalized spacial score (nSPS) is 13.8. The molecule has 0 unspecified atom stereocenters. The van der Waals surface area contributed by atoms with Gasteiger partial charge in [0.25, 0.3) is 0 Å². The zero-order chi connectivity index (χ0) is 52.2. The van der Waals surface area contributed by atoms with Gasteiger partial charge in [-0.15, -0.1) is 0 Å². The Bertz CT molecular complexity index is 3460. The molecule has 0 saturated carbocycles. The van der Waals surface area contributed by atoms with Crippen molar-refractivity contribution >= 4 is 88.9 Å². The minimum absolute atomic E-state index is 1.33. The van der Waals surface area contributed by atoms with Crippen molar-refractivity contribution < 1.29 is 0 Å². The first-order chi connectivity index (χ1) is 38.1. The predicted octanol–water partition coefficient (Wildman–Crippen LogP) is 13.7. The van der Waals surface area contributed by atoms with Crippen molar-refractivity contribution in [3.63, 3.8) is 0 Å². The quantitative estimate of drug-likeness (QED) is 0.0898. The van der Waals surface area contributed by atoms with Gasteiger partial charge in [-0.05, 0) is 0 Å². The summed E-state index contributed by atoms with van der Waals surface area (Å²) in [5.74, 6) is -10.4. The van der Waals surface area contributed by atoms with Crippen molar-refractivity contribution in [1.82, 2.24) is 0 Å². The van der Waals surface area contributed by atoms with Crippen molar-refractivity contribution in [3.05, 3.63) is 364 Å². The Hall–Kier alpha value is -7.64. The van der Waals surface area contributed by atoms with E-state index in [2.05, 4.69) is 371 Å². The van der Waals surface area contributed by atoms with Gasteiger partial charge in [0.15, 0.2) is 0 Å². The molecule has 0 nitrogen and oxygen atoms in total. The van der Waals surface area contributed by atoms with Crippen LogP contribution in [0.2, 0.25) is 0 Å². The Balaban J connectivity index is 1.72. The summed E-state index contributed by atoms with van der Waals surface area (Å²) in [7, 11) is 0. The molecule has 0 N–H and O–H groups in total. The van der Waals surface area contributed by atoms with Gasteiger partial charge in [-0.3, -0.25) is 0 Å². The molecule has 77 heavy (non-hydrogen) atoms. The number of hydrogen-bond acceptors (Lipinski definition) is 0. The summed E-state index contributed by atoms with van der Waals surface area (Å²) in [5, 5.41) is 16.2. The third-order valence-electron chi connectivity index (χ3n) is 17.7. The van der Waals surface area contributed by atoms with Gasteiger partial charge >= 0.3 is 460 Å². The Morgan fingerprint density at radius 1 is 0.182 bits per heavy atom. The van der Waals surface area contributed by atoms with Gasteiger partial charge in [-0.25, -0.2) is 0 Å². The SMILES string of the molecule is CP(c1ccccc1)(c1ccccc1)(c1ccccc1)P(c1ccccc1)(c1ccccc1)(c1ccccc1)P(c1ccccc1)(c1ccccc1)(c1ccccc1)[PH](c1ccccc1)(c1ccccc1)c1ccccc1. The molecule has 0 atom stereocenters. The molecule has 12 aromatic rings. The molecule has 0 aliphatic rings. The molecule has 0 aliphatic carbocycles. The average molecular weight is 1070 g/mol. The van der Waals surface area contributed by atoms with Crippen LogP contribution in [-0.4, -0.2) is 6.66 Å².